The first-order valence-corrected chi connectivity index (χ1v) is 10.5. The average Bonchev–Trinajstić information content (AvgIpc) is 3.27. The molecule has 2 aliphatic rings. The van der Waals surface area contributed by atoms with Crippen LogP contribution in [0.2, 0.25) is 0 Å². The van der Waals surface area contributed by atoms with Gasteiger partial charge in [0.15, 0.2) is 0 Å². The van der Waals surface area contributed by atoms with E-state index < -0.39 is 5.54 Å². The molecule has 4 N–H and O–H groups in total. The zero-order chi connectivity index (χ0) is 20.6. The molecule has 1 saturated heterocycles. The first kappa shape index (κ1) is 19.9. The van der Waals surface area contributed by atoms with Gasteiger partial charge in [-0.25, -0.2) is 0 Å². The van der Waals surface area contributed by atoms with Crippen LogP contribution < -0.4 is 16.0 Å². The third-order valence-corrected chi connectivity index (χ3v) is 6.40. The van der Waals surface area contributed by atoms with Crippen LogP contribution >= 0.6 is 0 Å². The summed E-state index contributed by atoms with van der Waals surface area (Å²) in [6, 6.07) is 11.8. The Morgan fingerprint density at radius 3 is 2.48 bits per heavy atom. The fraction of sp³-hybridized carbons (Fsp3) is 0.478. The van der Waals surface area contributed by atoms with E-state index in [4.69, 9.17) is 21.3 Å². The molecule has 2 aromatic rings. The summed E-state index contributed by atoms with van der Waals surface area (Å²) in [5.41, 5.74) is 8.43. The molecule has 6 heteroatoms. The number of nitrogens with one attached hydrogen (secondary N) is 2. The Hall–Kier alpha value is -2.44. The minimum Gasteiger partial charge on any atom is -0.484 e. The highest BCUT2D eigenvalue weighted by molar-refractivity contribution is 5.90. The molecule has 1 aliphatic carbocycles. The molecule has 4 rings (SSSR count). The van der Waals surface area contributed by atoms with E-state index in [1.165, 1.54) is 12.8 Å². The van der Waals surface area contributed by atoms with E-state index in [2.05, 4.69) is 30.9 Å². The van der Waals surface area contributed by atoms with Gasteiger partial charge >= 0.3 is 0 Å². The van der Waals surface area contributed by atoms with Gasteiger partial charge in [-0.2, -0.15) is 0 Å². The molecule has 1 aliphatic heterocycles. The van der Waals surface area contributed by atoms with Crippen LogP contribution in [0.4, 0.5) is 0 Å². The maximum atomic E-state index is 8.83. The smallest absolute Gasteiger partial charge is 0.137 e. The molecule has 2 unspecified atom stereocenters. The monoisotopic (exact) mass is 393 g/mol. The van der Waals surface area contributed by atoms with Gasteiger partial charge in [-0.3, -0.25) is 20.3 Å². The number of pyridine rings is 1. The SMILES string of the molecule is CC(C)(C(=N)n1cc(OC2CCC(N)c3ccccc32)ccc1=N)N1CCCC1. The van der Waals surface area contributed by atoms with Gasteiger partial charge in [0.05, 0.1) is 11.7 Å². The highest BCUT2D eigenvalue weighted by Crippen LogP contribution is 2.37. The number of ether oxygens (including phenoxy) is 1. The number of benzene rings is 1. The van der Waals surface area contributed by atoms with Crippen molar-refractivity contribution in [1.29, 1.82) is 10.8 Å². The second-order valence-corrected chi connectivity index (χ2v) is 8.64. The molecule has 0 radical (unpaired) electrons. The number of aromatic nitrogens is 1. The fourth-order valence-corrected chi connectivity index (χ4v) is 4.53. The van der Waals surface area contributed by atoms with Crippen molar-refractivity contribution in [2.45, 2.75) is 57.2 Å². The molecule has 154 valence electrons. The molecule has 1 aromatic heterocycles. The van der Waals surface area contributed by atoms with Crippen LogP contribution in [0.25, 0.3) is 0 Å². The van der Waals surface area contributed by atoms with E-state index in [9.17, 15) is 0 Å². The number of hydrogen-bond acceptors (Lipinski definition) is 5. The van der Waals surface area contributed by atoms with Crippen LogP contribution in [0, 0.1) is 10.8 Å². The molecular formula is C23H31N5O. The fourth-order valence-electron chi connectivity index (χ4n) is 4.53. The first-order chi connectivity index (χ1) is 13.9. The lowest BCUT2D eigenvalue weighted by Crippen LogP contribution is -2.52. The lowest BCUT2D eigenvalue weighted by Gasteiger charge is -2.36. The Morgan fingerprint density at radius 2 is 1.76 bits per heavy atom. The van der Waals surface area contributed by atoms with Crippen molar-refractivity contribution in [2.75, 3.05) is 13.1 Å². The summed E-state index contributed by atoms with van der Waals surface area (Å²) in [6.07, 6.45) is 5.81. The van der Waals surface area contributed by atoms with Crippen molar-refractivity contribution in [1.82, 2.24) is 9.47 Å². The van der Waals surface area contributed by atoms with Crippen molar-refractivity contribution in [2.24, 2.45) is 5.73 Å². The number of fused-ring (bicyclic) bond motifs is 1. The van der Waals surface area contributed by atoms with Crippen LogP contribution in [0.5, 0.6) is 5.75 Å². The molecule has 29 heavy (non-hydrogen) atoms. The molecule has 1 aromatic carbocycles. The Kier molecular flexibility index (Phi) is 5.32. The maximum Gasteiger partial charge on any atom is 0.137 e. The van der Waals surface area contributed by atoms with E-state index in [0.717, 1.165) is 37.1 Å². The molecule has 0 spiro atoms. The lowest BCUT2D eigenvalue weighted by atomic mass is 9.86. The second-order valence-electron chi connectivity index (χ2n) is 8.64. The average molecular weight is 394 g/mol. The van der Waals surface area contributed by atoms with Gasteiger partial charge < -0.3 is 10.5 Å². The van der Waals surface area contributed by atoms with E-state index in [0.29, 0.717) is 17.1 Å². The van der Waals surface area contributed by atoms with Crippen molar-refractivity contribution >= 4 is 5.84 Å². The summed E-state index contributed by atoms with van der Waals surface area (Å²) in [5.74, 6) is 1.08. The van der Waals surface area contributed by atoms with Gasteiger partial charge in [-0.1, -0.05) is 24.3 Å². The molecule has 6 nitrogen and oxygen atoms in total. The standard InChI is InChI=1S/C23H31N5O/c1-23(2,27-13-5-6-14-27)22(26)28-15-16(9-12-21(28)25)29-20-11-10-19(24)17-7-3-4-8-18(17)20/h3-4,7-9,12,15,19-20,25-26H,5-6,10-11,13-14,24H2,1-2H3. The number of nitrogens with zero attached hydrogens (tertiary/aromatic N) is 2. The van der Waals surface area contributed by atoms with Gasteiger partial charge in [0.2, 0.25) is 0 Å². The zero-order valence-corrected chi connectivity index (χ0v) is 17.3. The summed E-state index contributed by atoms with van der Waals surface area (Å²) in [5, 5.41) is 17.2. The van der Waals surface area contributed by atoms with Crippen LogP contribution in [0.1, 0.15) is 62.8 Å². The summed E-state index contributed by atoms with van der Waals surface area (Å²) in [7, 11) is 0. The number of likely N-dealkylation sites (tertiary alicyclic amines) is 1. The number of rotatable bonds is 4. The summed E-state index contributed by atoms with van der Waals surface area (Å²) >= 11 is 0. The Bertz CT molecular complexity index is 958. The summed E-state index contributed by atoms with van der Waals surface area (Å²) < 4.78 is 7.99. The molecule has 1 fully saturated rings. The van der Waals surface area contributed by atoms with Crippen molar-refractivity contribution in [3.05, 3.63) is 59.2 Å². The predicted octanol–water partition coefficient (Wildman–Crippen LogP) is 3.58. The van der Waals surface area contributed by atoms with Gasteiger partial charge in [0.25, 0.3) is 0 Å². The molecule has 0 bridgehead atoms. The van der Waals surface area contributed by atoms with Crippen LogP contribution in [0.15, 0.2) is 42.6 Å². The zero-order valence-electron chi connectivity index (χ0n) is 17.3. The van der Waals surface area contributed by atoms with Crippen molar-refractivity contribution in [3.63, 3.8) is 0 Å². The first-order valence-electron chi connectivity index (χ1n) is 10.5. The Morgan fingerprint density at radius 1 is 1.07 bits per heavy atom. The van der Waals surface area contributed by atoms with Crippen molar-refractivity contribution in [3.8, 4) is 5.75 Å². The van der Waals surface area contributed by atoms with E-state index in [-0.39, 0.29) is 12.1 Å². The van der Waals surface area contributed by atoms with Gasteiger partial charge in [0, 0.05) is 6.04 Å². The summed E-state index contributed by atoms with van der Waals surface area (Å²) in [4.78, 5) is 2.33. The van der Waals surface area contributed by atoms with Crippen LogP contribution in [-0.2, 0) is 0 Å². The molecule has 0 saturated carbocycles. The topological polar surface area (TPSA) is 91.1 Å². The second kappa shape index (κ2) is 7.76. The highest BCUT2D eigenvalue weighted by atomic mass is 16.5. The quantitative estimate of drug-likeness (QED) is 0.548. The molecular weight excluding hydrogens is 362 g/mol. The Labute approximate surface area is 172 Å². The lowest BCUT2D eigenvalue weighted by molar-refractivity contribution is 0.175. The highest BCUT2D eigenvalue weighted by Gasteiger charge is 2.34. The molecule has 0 amide bonds. The number of hydrogen-bond donors (Lipinski definition) is 3. The van der Waals surface area contributed by atoms with E-state index in [1.807, 2.05) is 18.2 Å². The maximum absolute atomic E-state index is 8.83. The van der Waals surface area contributed by atoms with Crippen LogP contribution in [-0.4, -0.2) is 33.9 Å². The normalized spacial score (nSPS) is 22.3. The van der Waals surface area contributed by atoms with Crippen molar-refractivity contribution < 1.29 is 4.74 Å². The molecule has 2 heterocycles. The Balaban J connectivity index is 1.60. The minimum absolute atomic E-state index is 0.0565. The minimum atomic E-state index is -0.431. The summed E-state index contributed by atoms with van der Waals surface area (Å²) in [6.45, 7) is 6.13. The van der Waals surface area contributed by atoms with E-state index >= 15 is 0 Å². The van der Waals surface area contributed by atoms with Gasteiger partial charge in [-0.05, 0) is 75.9 Å². The van der Waals surface area contributed by atoms with E-state index in [1.54, 1.807) is 16.8 Å². The molecule has 2 atom stereocenters. The van der Waals surface area contributed by atoms with Gasteiger partial charge in [-0.15, -0.1) is 0 Å². The predicted molar refractivity (Wildman–Crippen MR) is 114 cm³/mol. The number of nitrogens with two attached hydrogens (primary N) is 1. The third-order valence-electron chi connectivity index (χ3n) is 6.40. The van der Waals surface area contributed by atoms with Gasteiger partial charge in [0.1, 0.15) is 23.2 Å². The third kappa shape index (κ3) is 3.74. The van der Waals surface area contributed by atoms with Crippen LogP contribution in [0.3, 0.4) is 0 Å². The largest absolute Gasteiger partial charge is 0.484 e.